The number of nitrogens with two attached hydrogens (primary N) is 1. The standard InChI is InChI=1S/C19H21N5O3S/c1-11(2)17(12-3-4-14-15(7-12)27-6-5-26-14)23-16(25)10-28-19-22-9-13(8-20)18(21)24-19/h3-4,7,9,11,17H,5-6,10H2,1-2H3,(H,23,25)(H2,21,22,24)/t17-/m1/s1. The topological polar surface area (TPSA) is 123 Å². The van der Waals surface area contributed by atoms with E-state index in [-0.39, 0.29) is 35.0 Å². The molecule has 1 aromatic heterocycles. The van der Waals surface area contributed by atoms with Crippen LogP contribution < -0.4 is 20.5 Å². The van der Waals surface area contributed by atoms with Crippen molar-refractivity contribution < 1.29 is 14.3 Å². The van der Waals surface area contributed by atoms with Crippen molar-refractivity contribution in [1.82, 2.24) is 15.3 Å². The Morgan fingerprint density at radius 2 is 2.11 bits per heavy atom. The van der Waals surface area contributed by atoms with Crippen LogP contribution >= 0.6 is 11.8 Å². The third-order valence-corrected chi connectivity index (χ3v) is 5.02. The second-order valence-corrected chi connectivity index (χ2v) is 7.49. The van der Waals surface area contributed by atoms with Crippen LogP contribution in [-0.4, -0.2) is 34.8 Å². The lowest BCUT2D eigenvalue weighted by atomic mass is 9.95. The third-order valence-electron chi connectivity index (χ3n) is 4.16. The predicted molar refractivity (Wildman–Crippen MR) is 105 cm³/mol. The first-order chi connectivity index (χ1) is 13.5. The van der Waals surface area contributed by atoms with E-state index in [1.807, 2.05) is 38.1 Å². The molecular weight excluding hydrogens is 378 g/mol. The highest BCUT2D eigenvalue weighted by Gasteiger charge is 2.21. The lowest BCUT2D eigenvalue weighted by Crippen LogP contribution is -2.33. The van der Waals surface area contributed by atoms with Crippen molar-refractivity contribution in [3.63, 3.8) is 0 Å². The lowest BCUT2D eigenvalue weighted by molar-refractivity contribution is -0.119. The summed E-state index contributed by atoms with van der Waals surface area (Å²) in [5.74, 6) is 1.69. The quantitative estimate of drug-likeness (QED) is 0.560. The molecular formula is C19H21N5O3S. The Hall–Kier alpha value is -2.99. The van der Waals surface area contributed by atoms with Gasteiger partial charge in [-0.05, 0) is 23.6 Å². The number of benzene rings is 1. The number of amides is 1. The van der Waals surface area contributed by atoms with Crippen molar-refractivity contribution in [2.45, 2.75) is 25.0 Å². The summed E-state index contributed by atoms with van der Waals surface area (Å²) in [6.07, 6.45) is 1.36. The second kappa shape index (κ2) is 8.80. The summed E-state index contributed by atoms with van der Waals surface area (Å²) in [5.41, 5.74) is 6.85. The molecule has 2 aromatic rings. The summed E-state index contributed by atoms with van der Waals surface area (Å²) < 4.78 is 11.2. The highest BCUT2D eigenvalue weighted by molar-refractivity contribution is 7.99. The molecule has 8 nitrogen and oxygen atoms in total. The number of fused-ring (bicyclic) bond motifs is 1. The van der Waals surface area contributed by atoms with Crippen molar-refractivity contribution in [1.29, 1.82) is 5.26 Å². The van der Waals surface area contributed by atoms with Crippen molar-refractivity contribution in [2.75, 3.05) is 24.7 Å². The van der Waals surface area contributed by atoms with Gasteiger partial charge in [0.25, 0.3) is 0 Å². The summed E-state index contributed by atoms with van der Waals surface area (Å²) in [4.78, 5) is 20.5. The second-order valence-electron chi connectivity index (χ2n) is 6.54. The molecule has 0 radical (unpaired) electrons. The number of hydrogen-bond donors (Lipinski definition) is 2. The summed E-state index contributed by atoms with van der Waals surface area (Å²) in [6, 6.07) is 7.46. The van der Waals surface area contributed by atoms with Crippen molar-refractivity contribution >= 4 is 23.5 Å². The molecule has 0 unspecified atom stereocenters. The molecule has 0 spiro atoms. The lowest BCUT2D eigenvalue weighted by Gasteiger charge is -2.25. The van der Waals surface area contributed by atoms with Gasteiger partial charge in [-0.3, -0.25) is 4.79 Å². The van der Waals surface area contributed by atoms with Crippen molar-refractivity contribution in [2.24, 2.45) is 5.92 Å². The van der Waals surface area contributed by atoms with Gasteiger partial charge >= 0.3 is 0 Å². The number of hydrogen-bond acceptors (Lipinski definition) is 8. The summed E-state index contributed by atoms with van der Waals surface area (Å²) in [7, 11) is 0. The van der Waals surface area contributed by atoms with Gasteiger partial charge in [-0.25, -0.2) is 9.97 Å². The molecule has 0 saturated carbocycles. The van der Waals surface area contributed by atoms with Gasteiger partial charge in [0.2, 0.25) is 5.91 Å². The van der Waals surface area contributed by atoms with Gasteiger partial charge in [0, 0.05) is 0 Å². The van der Waals surface area contributed by atoms with Crippen LogP contribution in [0.5, 0.6) is 11.5 Å². The molecule has 3 rings (SSSR count). The van der Waals surface area contributed by atoms with Crippen LogP contribution in [0.1, 0.15) is 31.0 Å². The number of nitriles is 1. The highest BCUT2D eigenvalue weighted by atomic mass is 32.2. The van der Waals surface area contributed by atoms with Crippen LogP contribution in [0.15, 0.2) is 29.6 Å². The van der Waals surface area contributed by atoms with Gasteiger partial charge in [0.15, 0.2) is 16.7 Å². The number of nitrogen functional groups attached to an aromatic ring is 1. The van der Waals surface area contributed by atoms with E-state index in [9.17, 15) is 4.79 Å². The number of carbonyl (C=O) groups excluding carboxylic acids is 1. The molecule has 0 bridgehead atoms. The molecule has 146 valence electrons. The maximum Gasteiger partial charge on any atom is 0.230 e. The maximum atomic E-state index is 12.5. The Kier molecular flexibility index (Phi) is 6.21. The minimum absolute atomic E-state index is 0.108. The summed E-state index contributed by atoms with van der Waals surface area (Å²) in [6.45, 7) is 5.13. The molecule has 1 atom stereocenters. The molecule has 0 fully saturated rings. The Balaban J connectivity index is 1.65. The minimum Gasteiger partial charge on any atom is -0.486 e. The van der Waals surface area contributed by atoms with Gasteiger partial charge in [-0.15, -0.1) is 0 Å². The zero-order valence-electron chi connectivity index (χ0n) is 15.6. The Bertz CT molecular complexity index is 913. The van der Waals surface area contributed by atoms with Crippen LogP contribution in [0.25, 0.3) is 0 Å². The van der Waals surface area contributed by atoms with Gasteiger partial charge in [0.05, 0.1) is 18.0 Å². The first-order valence-electron chi connectivity index (χ1n) is 8.82. The van der Waals surface area contributed by atoms with E-state index in [2.05, 4.69) is 15.3 Å². The van der Waals surface area contributed by atoms with Crippen molar-refractivity contribution in [3.05, 3.63) is 35.5 Å². The maximum absolute atomic E-state index is 12.5. The predicted octanol–water partition coefficient (Wildman–Crippen LogP) is 2.31. The first-order valence-corrected chi connectivity index (χ1v) is 9.81. The molecule has 9 heteroatoms. The van der Waals surface area contributed by atoms with E-state index in [4.69, 9.17) is 20.5 Å². The normalized spacial score (nSPS) is 13.6. The van der Waals surface area contributed by atoms with Crippen LogP contribution in [0.2, 0.25) is 0 Å². The third kappa shape index (κ3) is 4.64. The van der Waals surface area contributed by atoms with E-state index in [0.717, 1.165) is 11.3 Å². The number of thioether (sulfide) groups is 1. The fourth-order valence-corrected chi connectivity index (χ4v) is 3.40. The smallest absolute Gasteiger partial charge is 0.230 e. The van der Waals surface area contributed by atoms with E-state index >= 15 is 0 Å². The molecule has 1 aliphatic rings. The van der Waals surface area contributed by atoms with Gasteiger partial charge in [-0.1, -0.05) is 31.7 Å². The molecule has 2 heterocycles. The molecule has 0 aliphatic carbocycles. The number of anilines is 1. The van der Waals surface area contributed by atoms with Crippen LogP contribution in [0.3, 0.4) is 0 Å². The van der Waals surface area contributed by atoms with Crippen LogP contribution in [-0.2, 0) is 4.79 Å². The number of rotatable bonds is 6. The first kappa shape index (κ1) is 19.8. The molecule has 3 N–H and O–H groups in total. The monoisotopic (exact) mass is 399 g/mol. The number of aromatic nitrogens is 2. The highest BCUT2D eigenvalue weighted by Crippen LogP contribution is 2.34. The van der Waals surface area contributed by atoms with E-state index in [0.29, 0.717) is 24.1 Å². The van der Waals surface area contributed by atoms with Crippen LogP contribution in [0.4, 0.5) is 5.82 Å². The van der Waals surface area contributed by atoms with Gasteiger partial charge in [-0.2, -0.15) is 5.26 Å². The molecule has 1 amide bonds. The van der Waals surface area contributed by atoms with Crippen LogP contribution in [0, 0.1) is 17.2 Å². The number of carbonyl (C=O) groups is 1. The summed E-state index contributed by atoms with van der Waals surface area (Å²) >= 11 is 1.17. The fourth-order valence-electron chi connectivity index (χ4n) is 2.77. The largest absolute Gasteiger partial charge is 0.486 e. The molecule has 1 aromatic carbocycles. The van der Waals surface area contributed by atoms with E-state index in [1.165, 1.54) is 18.0 Å². The molecule has 1 aliphatic heterocycles. The molecule has 0 saturated heterocycles. The summed E-state index contributed by atoms with van der Waals surface area (Å²) in [5, 5.41) is 12.3. The zero-order valence-corrected chi connectivity index (χ0v) is 16.5. The number of ether oxygens (including phenoxy) is 2. The average molecular weight is 399 g/mol. The Morgan fingerprint density at radius 3 is 2.79 bits per heavy atom. The van der Waals surface area contributed by atoms with E-state index in [1.54, 1.807) is 0 Å². The number of nitrogens with zero attached hydrogens (tertiary/aromatic N) is 3. The van der Waals surface area contributed by atoms with Gasteiger partial charge < -0.3 is 20.5 Å². The fraction of sp³-hybridized carbons (Fsp3) is 0.368. The van der Waals surface area contributed by atoms with E-state index < -0.39 is 0 Å². The Labute approximate surface area is 167 Å². The van der Waals surface area contributed by atoms with Gasteiger partial charge in [0.1, 0.15) is 30.7 Å². The Morgan fingerprint density at radius 1 is 1.36 bits per heavy atom. The average Bonchev–Trinajstić information content (AvgIpc) is 2.70. The van der Waals surface area contributed by atoms with Crippen molar-refractivity contribution in [3.8, 4) is 17.6 Å². The minimum atomic E-state index is -0.170. The SMILES string of the molecule is CC(C)[C@@H](NC(=O)CSc1ncc(C#N)c(N)n1)c1ccc2c(c1)OCCO2. The zero-order chi connectivity index (χ0) is 20.1. The number of nitrogens with one attached hydrogen (secondary N) is 1. The molecule has 28 heavy (non-hydrogen) atoms.